The first-order chi connectivity index (χ1) is 13.3. The summed E-state index contributed by atoms with van der Waals surface area (Å²) in [5.41, 5.74) is 8.77. The van der Waals surface area contributed by atoms with Crippen LogP contribution in [0.2, 0.25) is 0 Å². The number of amides is 1. The van der Waals surface area contributed by atoms with Crippen LogP contribution in [0.5, 0.6) is 0 Å². The number of nitrogens with one attached hydrogen (secondary N) is 2. The van der Waals surface area contributed by atoms with Crippen molar-refractivity contribution >= 4 is 16.9 Å². The topological polar surface area (TPSA) is 75.1 Å². The lowest BCUT2D eigenvalue weighted by Crippen LogP contribution is -2.50. The average Bonchev–Trinajstić information content (AvgIpc) is 3.31. The van der Waals surface area contributed by atoms with Crippen molar-refractivity contribution in [3.8, 4) is 0 Å². The van der Waals surface area contributed by atoms with Gasteiger partial charge >= 0.3 is 0 Å². The lowest BCUT2D eigenvalue weighted by atomic mass is 9.76. The third-order valence-electron chi connectivity index (χ3n) is 6.67. The number of carbonyl (C=O) groups excluding carboxylic acids is 1. The number of nitrogens with zero attached hydrogens (tertiary/aromatic N) is 4. The van der Waals surface area contributed by atoms with E-state index in [2.05, 4.69) is 21.0 Å². The zero-order chi connectivity index (χ0) is 18.2. The van der Waals surface area contributed by atoms with Crippen molar-refractivity contribution in [3.63, 3.8) is 0 Å². The van der Waals surface area contributed by atoms with E-state index in [0.717, 1.165) is 36.5 Å². The van der Waals surface area contributed by atoms with Crippen LogP contribution in [0.1, 0.15) is 38.5 Å². The Kier molecular flexibility index (Phi) is 4.57. The zero-order valence-corrected chi connectivity index (χ0v) is 15.7. The highest BCUT2D eigenvalue weighted by Gasteiger charge is 2.44. The van der Waals surface area contributed by atoms with Crippen LogP contribution in [0.25, 0.3) is 11.0 Å². The summed E-state index contributed by atoms with van der Waals surface area (Å²) < 4.78 is 0. The number of piperidine rings is 1. The van der Waals surface area contributed by atoms with E-state index in [4.69, 9.17) is 0 Å². The van der Waals surface area contributed by atoms with E-state index in [1.165, 1.54) is 32.1 Å². The number of carbonyl (C=O) groups is 1. The van der Waals surface area contributed by atoms with Gasteiger partial charge < -0.3 is 4.90 Å². The minimum atomic E-state index is 0.128. The lowest BCUT2D eigenvalue weighted by Gasteiger charge is -2.38. The molecule has 0 radical (unpaired) electrons. The second-order valence-electron chi connectivity index (χ2n) is 8.33. The molecule has 3 heterocycles. The van der Waals surface area contributed by atoms with Crippen molar-refractivity contribution in [2.24, 2.45) is 11.8 Å². The molecule has 1 aromatic carbocycles. The highest BCUT2D eigenvalue weighted by Crippen LogP contribution is 2.35. The maximum Gasteiger partial charge on any atom is 0.246 e. The molecule has 1 amide bonds. The normalized spacial score (nSPS) is 29.2. The van der Waals surface area contributed by atoms with Gasteiger partial charge in [-0.3, -0.25) is 15.6 Å². The molecule has 3 atom stereocenters. The molecule has 144 valence electrons. The fourth-order valence-corrected chi connectivity index (χ4v) is 5.22. The van der Waals surface area contributed by atoms with Gasteiger partial charge in [0.25, 0.3) is 0 Å². The minimum absolute atomic E-state index is 0.128. The number of hydrazine groups is 1. The average molecular weight is 368 g/mol. The molecule has 5 rings (SSSR count). The first-order valence-electron chi connectivity index (χ1n) is 10.4. The lowest BCUT2D eigenvalue weighted by molar-refractivity contribution is -0.134. The van der Waals surface area contributed by atoms with Gasteiger partial charge in [0.15, 0.2) is 0 Å². The molecule has 1 aliphatic carbocycles. The Labute approximate surface area is 159 Å². The van der Waals surface area contributed by atoms with Gasteiger partial charge in [-0.25, -0.2) is 0 Å². The van der Waals surface area contributed by atoms with E-state index >= 15 is 0 Å². The molecular weight excluding hydrogens is 340 g/mol. The summed E-state index contributed by atoms with van der Waals surface area (Å²) in [5.74, 6) is 1.38. The van der Waals surface area contributed by atoms with Gasteiger partial charge in [-0.2, -0.15) is 15.0 Å². The van der Waals surface area contributed by atoms with Crippen LogP contribution in [-0.2, 0) is 11.3 Å². The predicted octanol–water partition coefficient (Wildman–Crippen LogP) is 1.71. The summed E-state index contributed by atoms with van der Waals surface area (Å²) in [4.78, 5) is 16.5. The Hall–Kier alpha value is -1.99. The zero-order valence-electron chi connectivity index (χ0n) is 15.7. The van der Waals surface area contributed by atoms with Crippen molar-refractivity contribution in [1.82, 2.24) is 30.7 Å². The molecule has 2 aromatic rings. The van der Waals surface area contributed by atoms with Crippen LogP contribution in [0, 0.1) is 11.8 Å². The van der Waals surface area contributed by atoms with E-state index in [1.54, 1.807) is 4.80 Å². The molecule has 27 heavy (non-hydrogen) atoms. The molecule has 3 fully saturated rings. The fourth-order valence-electron chi connectivity index (χ4n) is 5.22. The van der Waals surface area contributed by atoms with Crippen LogP contribution < -0.4 is 10.9 Å². The quantitative estimate of drug-likeness (QED) is 0.863. The van der Waals surface area contributed by atoms with Gasteiger partial charge in [-0.05, 0) is 37.3 Å². The standard InChI is InChI=1S/C20H28N6O/c27-19(13-26-23-17-8-4-5-9-18(17)24-26)25-11-10-16-15(12-25)20(22-21-16)14-6-2-1-3-7-14/h4-5,8-9,14-16,20-22H,1-3,6-7,10-13H2. The Balaban J connectivity index is 1.26. The molecular formula is C20H28N6O. The third-order valence-corrected chi connectivity index (χ3v) is 6.67. The van der Waals surface area contributed by atoms with E-state index in [-0.39, 0.29) is 12.5 Å². The van der Waals surface area contributed by atoms with Gasteiger partial charge in [0.1, 0.15) is 17.6 Å². The first kappa shape index (κ1) is 17.1. The van der Waals surface area contributed by atoms with E-state index in [1.807, 2.05) is 29.2 Å². The van der Waals surface area contributed by atoms with Crippen molar-refractivity contribution in [3.05, 3.63) is 24.3 Å². The smallest absolute Gasteiger partial charge is 0.246 e. The fraction of sp³-hybridized carbons (Fsp3) is 0.650. The maximum absolute atomic E-state index is 12.9. The molecule has 1 saturated carbocycles. The SMILES string of the molecule is O=C(Cn1nc2ccccc2n1)N1CCC2NNC(C3CCCCC3)C2C1. The molecule has 2 aliphatic heterocycles. The molecule has 7 nitrogen and oxygen atoms in total. The number of hydrogen-bond donors (Lipinski definition) is 2. The predicted molar refractivity (Wildman–Crippen MR) is 103 cm³/mol. The summed E-state index contributed by atoms with van der Waals surface area (Å²) in [7, 11) is 0. The summed E-state index contributed by atoms with van der Waals surface area (Å²) in [6.45, 7) is 1.87. The number of rotatable bonds is 3. The molecule has 3 unspecified atom stereocenters. The van der Waals surface area contributed by atoms with Gasteiger partial charge in [0.2, 0.25) is 5.91 Å². The van der Waals surface area contributed by atoms with Crippen LogP contribution in [0.15, 0.2) is 24.3 Å². The molecule has 3 aliphatic rings. The largest absolute Gasteiger partial charge is 0.341 e. The van der Waals surface area contributed by atoms with Crippen LogP contribution in [0.3, 0.4) is 0 Å². The molecule has 0 bridgehead atoms. The maximum atomic E-state index is 12.9. The van der Waals surface area contributed by atoms with Gasteiger partial charge in [-0.1, -0.05) is 31.4 Å². The number of hydrogen-bond acceptors (Lipinski definition) is 5. The number of benzene rings is 1. The van der Waals surface area contributed by atoms with Gasteiger partial charge in [-0.15, -0.1) is 0 Å². The van der Waals surface area contributed by atoms with Gasteiger partial charge in [0, 0.05) is 31.1 Å². The second-order valence-corrected chi connectivity index (χ2v) is 8.33. The third kappa shape index (κ3) is 3.34. The molecule has 2 N–H and O–H groups in total. The van der Waals surface area contributed by atoms with E-state index in [9.17, 15) is 4.79 Å². The molecule has 7 heteroatoms. The number of likely N-dealkylation sites (tertiary alicyclic amines) is 1. The Morgan fingerprint density at radius 2 is 1.78 bits per heavy atom. The summed E-state index contributed by atoms with van der Waals surface area (Å²) in [6.07, 6.45) is 7.73. The summed E-state index contributed by atoms with van der Waals surface area (Å²) >= 11 is 0. The van der Waals surface area contributed by atoms with Crippen LogP contribution in [-0.4, -0.2) is 51.0 Å². The monoisotopic (exact) mass is 368 g/mol. The van der Waals surface area contributed by atoms with Crippen molar-refractivity contribution in [2.45, 2.75) is 57.2 Å². The Morgan fingerprint density at radius 1 is 1.04 bits per heavy atom. The highest BCUT2D eigenvalue weighted by molar-refractivity contribution is 5.77. The summed E-state index contributed by atoms with van der Waals surface area (Å²) in [6, 6.07) is 8.74. The van der Waals surface area contributed by atoms with Crippen molar-refractivity contribution in [1.29, 1.82) is 0 Å². The second kappa shape index (κ2) is 7.20. The first-order valence-corrected chi connectivity index (χ1v) is 10.4. The summed E-state index contributed by atoms with van der Waals surface area (Å²) in [5, 5.41) is 8.87. The number of aromatic nitrogens is 3. The Bertz CT molecular complexity index is 781. The van der Waals surface area contributed by atoms with Crippen molar-refractivity contribution in [2.75, 3.05) is 13.1 Å². The van der Waals surface area contributed by atoms with Crippen LogP contribution >= 0.6 is 0 Å². The molecule has 1 aromatic heterocycles. The van der Waals surface area contributed by atoms with Crippen LogP contribution in [0.4, 0.5) is 0 Å². The molecule has 2 saturated heterocycles. The van der Waals surface area contributed by atoms with Crippen molar-refractivity contribution < 1.29 is 4.79 Å². The Morgan fingerprint density at radius 3 is 2.52 bits per heavy atom. The minimum Gasteiger partial charge on any atom is -0.341 e. The van der Waals surface area contributed by atoms with Gasteiger partial charge in [0.05, 0.1) is 0 Å². The van der Waals surface area contributed by atoms with E-state index in [0.29, 0.717) is 18.0 Å². The number of fused-ring (bicyclic) bond motifs is 2. The highest BCUT2D eigenvalue weighted by atomic mass is 16.2. The molecule has 0 spiro atoms. The van der Waals surface area contributed by atoms with E-state index < -0.39 is 0 Å².